The van der Waals surface area contributed by atoms with Crippen LogP contribution in [-0.2, 0) is 19.5 Å². The molecule has 1 saturated heterocycles. The number of amides is 2. The number of carbonyl (C=O) groups excluding carboxylic acids is 1. The van der Waals surface area contributed by atoms with E-state index < -0.39 is 0 Å². The van der Waals surface area contributed by atoms with Crippen LogP contribution >= 0.6 is 0 Å². The summed E-state index contributed by atoms with van der Waals surface area (Å²) in [5, 5.41) is 2.93. The van der Waals surface area contributed by atoms with Crippen molar-refractivity contribution in [3.8, 4) is 0 Å². The SMILES string of the molecule is CC(C)Cn1c(C[C@H]2CCN(C(=O)NCc3ccco3)C2)nc2cccnc21. The Hall–Kier alpha value is -2.83. The summed E-state index contributed by atoms with van der Waals surface area (Å²) in [7, 11) is 0. The molecule has 0 unspecified atom stereocenters. The van der Waals surface area contributed by atoms with Crippen molar-refractivity contribution in [3.05, 3.63) is 48.3 Å². The molecule has 7 heteroatoms. The maximum absolute atomic E-state index is 12.4. The van der Waals surface area contributed by atoms with Gasteiger partial charge in [0.05, 0.1) is 12.8 Å². The van der Waals surface area contributed by atoms with Crippen molar-refractivity contribution in [1.82, 2.24) is 24.8 Å². The van der Waals surface area contributed by atoms with Gasteiger partial charge in [-0.1, -0.05) is 13.8 Å². The van der Waals surface area contributed by atoms with Gasteiger partial charge >= 0.3 is 6.03 Å². The molecule has 1 fully saturated rings. The van der Waals surface area contributed by atoms with Gasteiger partial charge in [0, 0.05) is 32.3 Å². The van der Waals surface area contributed by atoms with E-state index in [9.17, 15) is 4.79 Å². The van der Waals surface area contributed by atoms with E-state index in [0.717, 1.165) is 55.2 Å². The monoisotopic (exact) mass is 381 g/mol. The van der Waals surface area contributed by atoms with E-state index in [4.69, 9.17) is 9.40 Å². The van der Waals surface area contributed by atoms with E-state index in [-0.39, 0.29) is 6.03 Å². The molecule has 0 radical (unpaired) electrons. The third-order valence-electron chi connectivity index (χ3n) is 5.17. The van der Waals surface area contributed by atoms with Gasteiger partial charge in [-0.3, -0.25) is 0 Å². The highest BCUT2D eigenvalue weighted by Gasteiger charge is 2.28. The zero-order valence-electron chi connectivity index (χ0n) is 16.5. The van der Waals surface area contributed by atoms with Crippen molar-refractivity contribution < 1.29 is 9.21 Å². The van der Waals surface area contributed by atoms with Crippen LogP contribution in [0.25, 0.3) is 11.2 Å². The second-order valence-electron chi connectivity index (χ2n) is 7.92. The summed E-state index contributed by atoms with van der Waals surface area (Å²) >= 11 is 0. The van der Waals surface area contributed by atoms with Gasteiger partial charge in [0.2, 0.25) is 0 Å². The predicted octanol–water partition coefficient (Wildman–Crippen LogP) is 3.45. The summed E-state index contributed by atoms with van der Waals surface area (Å²) in [6.45, 7) is 7.27. The number of rotatable bonds is 6. The summed E-state index contributed by atoms with van der Waals surface area (Å²) in [5.41, 5.74) is 1.90. The molecule has 0 aromatic carbocycles. The molecule has 7 nitrogen and oxygen atoms in total. The first-order valence-electron chi connectivity index (χ1n) is 9.95. The number of nitrogens with one attached hydrogen (secondary N) is 1. The van der Waals surface area contributed by atoms with Gasteiger partial charge in [-0.2, -0.15) is 0 Å². The number of hydrogen-bond acceptors (Lipinski definition) is 4. The number of carbonyl (C=O) groups is 1. The number of nitrogens with zero attached hydrogens (tertiary/aromatic N) is 4. The van der Waals surface area contributed by atoms with Crippen LogP contribution in [0.4, 0.5) is 4.79 Å². The number of furan rings is 1. The standard InChI is InChI=1S/C21H27N5O2/c1-15(2)13-26-19(24-18-6-3-8-22-20(18)26)11-16-7-9-25(14-16)21(27)23-12-17-5-4-10-28-17/h3-6,8,10,15-16H,7,9,11-14H2,1-2H3,(H,23,27)/t16-/m1/s1. The normalized spacial score (nSPS) is 17.0. The molecule has 1 atom stereocenters. The fourth-order valence-electron chi connectivity index (χ4n) is 3.85. The largest absolute Gasteiger partial charge is 0.467 e. The molecule has 4 rings (SSSR count). The maximum Gasteiger partial charge on any atom is 0.317 e. The Morgan fingerprint density at radius 3 is 3.04 bits per heavy atom. The molecule has 1 N–H and O–H groups in total. The van der Waals surface area contributed by atoms with Gasteiger partial charge < -0.3 is 19.2 Å². The van der Waals surface area contributed by atoms with Gasteiger partial charge in [-0.15, -0.1) is 0 Å². The maximum atomic E-state index is 12.4. The van der Waals surface area contributed by atoms with Crippen LogP contribution in [0.15, 0.2) is 41.1 Å². The van der Waals surface area contributed by atoms with Crippen molar-refractivity contribution in [2.45, 2.75) is 39.8 Å². The van der Waals surface area contributed by atoms with Crippen LogP contribution < -0.4 is 5.32 Å². The lowest BCUT2D eigenvalue weighted by molar-refractivity contribution is 0.205. The lowest BCUT2D eigenvalue weighted by atomic mass is 10.0. The predicted molar refractivity (Wildman–Crippen MR) is 107 cm³/mol. The molecule has 4 heterocycles. The second-order valence-corrected chi connectivity index (χ2v) is 7.92. The molecule has 1 aliphatic rings. The number of urea groups is 1. The summed E-state index contributed by atoms with van der Waals surface area (Å²) in [6, 6.07) is 7.60. The van der Waals surface area contributed by atoms with Crippen LogP contribution in [0.3, 0.4) is 0 Å². The number of pyridine rings is 1. The topological polar surface area (TPSA) is 76.2 Å². The first kappa shape index (κ1) is 18.5. The molecule has 0 saturated carbocycles. The summed E-state index contributed by atoms with van der Waals surface area (Å²) < 4.78 is 7.52. The van der Waals surface area contributed by atoms with Gasteiger partial charge in [-0.25, -0.2) is 14.8 Å². The summed E-state index contributed by atoms with van der Waals surface area (Å²) in [5.74, 6) is 2.77. The molecular formula is C21H27N5O2. The van der Waals surface area contributed by atoms with Crippen molar-refractivity contribution in [2.75, 3.05) is 13.1 Å². The van der Waals surface area contributed by atoms with E-state index in [2.05, 4.69) is 28.7 Å². The quantitative estimate of drug-likeness (QED) is 0.709. The highest BCUT2D eigenvalue weighted by molar-refractivity contribution is 5.74. The molecule has 2 amide bonds. The van der Waals surface area contributed by atoms with E-state index >= 15 is 0 Å². The van der Waals surface area contributed by atoms with Gasteiger partial charge in [0.15, 0.2) is 5.65 Å². The lowest BCUT2D eigenvalue weighted by Gasteiger charge is -2.17. The number of imidazole rings is 1. The molecule has 148 valence electrons. The number of aromatic nitrogens is 3. The molecule has 0 spiro atoms. The smallest absolute Gasteiger partial charge is 0.317 e. The molecule has 1 aliphatic heterocycles. The fraction of sp³-hybridized carbons (Fsp3) is 0.476. The van der Waals surface area contributed by atoms with Crippen LogP contribution in [-0.4, -0.2) is 38.6 Å². The first-order valence-corrected chi connectivity index (χ1v) is 9.95. The Morgan fingerprint density at radius 1 is 1.36 bits per heavy atom. The molecular weight excluding hydrogens is 354 g/mol. The molecule has 0 bridgehead atoms. The summed E-state index contributed by atoms with van der Waals surface area (Å²) in [4.78, 5) is 23.7. The fourth-order valence-corrected chi connectivity index (χ4v) is 3.85. The van der Waals surface area contributed by atoms with Crippen molar-refractivity contribution in [1.29, 1.82) is 0 Å². The molecule has 3 aromatic rings. The van der Waals surface area contributed by atoms with Crippen LogP contribution in [0, 0.1) is 11.8 Å². The molecule has 3 aromatic heterocycles. The molecule has 0 aliphatic carbocycles. The van der Waals surface area contributed by atoms with Gasteiger partial charge in [0.25, 0.3) is 0 Å². The minimum atomic E-state index is -0.0312. The van der Waals surface area contributed by atoms with E-state index in [0.29, 0.717) is 18.4 Å². The van der Waals surface area contributed by atoms with E-state index in [1.807, 2.05) is 35.4 Å². The van der Waals surface area contributed by atoms with Crippen molar-refractivity contribution in [3.63, 3.8) is 0 Å². The Labute approximate surface area is 164 Å². The number of likely N-dealkylation sites (tertiary alicyclic amines) is 1. The highest BCUT2D eigenvalue weighted by Crippen LogP contribution is 2.23. The first-order chi connectivity index (χ1) is 13.6. The zero-order chi connectivity index (χ0) is 19.5. The van der Waals surface area contributed by atoms with Gasteiger partial charge in [0.1, 0.15) is 17.1 Å². The Kier molecular flexibility index (Phi) is 5.32. The Morgan fingerprint density at radius 2 is 2.25 bits per heavy atom. The average Bonchev–Trinajstić information content (AvgIpc) is 3.41. The van der Waals surface area contributed by atoms with E-state index in [1.165, 1.54) is 0 Å². The van der Waals surface area contributed by atoms with Crippen molar-refractivity contribution >= 4 is 17.2 Å². The zero-order valence-corrected chi connectivity index (χ0v) is 16.5. The van der Waals surface area contributed by atoms with Crippen LogP contribution in [0.5, 0.6) is 0 Å². The lowest BCUT2D eigenvalue weighted by Crippen LogP contribution is -2.38. The average molecular weight is 381 g/mol. The minimum absolute atomic E-state index is 0.0312. The number of hydrogen-bond donors (Lipinski definition) is 1. The number of fused-ring (bicyclic) bond motifs is 1. The van der Waals surface area contributed by atoms with Crippen LogP contribution in [0.2, 0.25) is 0 Å². The van der Waals surface area contributed by atoms with Crippen LogP contribution in [0.1, 0.15) is 31.9 Å². The Balaban J connectivity index is 1.40. The highest BCUT2D eigenvalue weighted by atomic mass is 16.3. The minimum Gasteiger partial charge on any atom is -0.467 e. The second kappa shape index (κ2) is 8.04. The third-order valence-corrected chi connectivity index (χ3v) is 5.17. The summed E-state index contributed by atoms with van der Waals surface area (Å²) in [6.07, 6.45) is 5.30. The van der Waals surface area contributed by atoms with Crippen molar-refractivity contribution in [2.24, 2.45) is 11.8 Å². The van der Waals surface area contributed by atoms with E-state index in [1.54, 1.807) is 6.26 Å². The Bertz CT molecular complexity index is 932. The van der Waals surface area contributed by atoms with Gasteiger partial charge in [-0.05, 0) is 42.5 Å². The third kappa shape index (κ3) is 4.03. The molecule has 28 heavy (non-hydrogen) atoms.